The van der Waals surface area contributed by atoms with Gasteiger partial charge < -0.3 is 14.8 Å². The molecule has 4 nitrogen and oxygen atoms in total. The Morgan fingerprint density at radius 3 is 2.50 bits per heavy atom. The zero-order valence-electron chi connectivity index (χ0n) is 14.2. The lowest BCUT2D eigenvalue weighted by Gasteiger charge is -2.36. The van der Waals surface area contributed by atoms with Crippen molar-refractivity contribution in [1.29, 1.82) is 0 Å². The zero-order valence-corrected chi connectivity index (χ0v) is 15.9. The average molecular weight is 344 g/mol. The number of benzene rings is 1. The second kappa shape index (κ2) is 7.02. The molecule has 0 fully saturated rings. The first-order chi connectivity index (χ1) is 9.94. The number of aliphatic hydroxyl groups is 1. The smallest absolute Gasteiger partial charge is 0.251 e. The highest BCUT2D eigenvalue weighted by Gasteiger charge is 2.39. The Labute approximate surface area is 139 Å². The van der Waals surface area contributed by atoms with E-state index in [1.807, 2.05) is 0 Å². The molecule has 0 saturated carbocycles. The van der Waals surface area contributed by atoms with Gasteiger partial charge in [-0.2, -0.15) is 0 Å². The van der Waals surface area contributed by atoms with Gasteiger partial charge in [-0.25, -0.2) is 0 Å². The molecule has 2 N–H and O–H groups in total. The molecular formula is C16H26ClNO3Si. The third-order valence-electron chi connectivity index (χ3n) is 3.92. The van der Waals surface area contributed by atoms with Gasteiger partial charge in [-0.1, -0.05) is 32.4 Å². The minimum Gasteiger partial charge on any atom is -0.542 e. The second-order valence-electron chi connectivity index (χ2n) is 7.07. The molecule has 1 atom stereocenters. The van der Waals surface area contributed by atoms with Crippen molar-refractivity contribution < 1.29 is 14.3 Å². The van der Waals surface area contributed by atoms with E-state index >= 15 is 0 Å². The summed E-state index contributed by atoms with van der Waals surface area (Å²) < 4.78 is 6.19. The maximum Gasteiger partial charge on any atom is 0.251 e. The SMILES string of the molecule is CC(O)CNC(=O)c1ccc(Cl)c(O[Si](C)(C)C(C)(C)C)c1. The lowest BCUT2D eigenvalue weighted by atomic mass is 10.2. The summed E-state index contributed by atoms with van der Waals surface area (Å²) in [5, 5.41) is 12.4. The van der Waals surface area contributed by atoms with E-state index in [1.54, 1.807) is 25.1 Å². The number of carbonyl (C=O) groups excluding carboxylic acids is 1. The van der Waals surface area contributed by atoms with Crippen molar-refractivity contribution in [3.05, 3.63) is 28.8 Å². The summed E-state index contributed by atoms with van der Waals surface area (Å²) in [4.78, 5) is 12.1. The van der Waals surface area contributed by atoms with Crippen molar-refractivity contribution in [1.82, 2.24) is 5.32 Å². The second-order valence-corrected chi connectivity index (χ2v) is 12.2. The summed E-state index contributed by atoms with van der Waals surface area (Å²) in [6.07, 6.45) is -0.584. The maximum atomic E-state index is 12.1. The van der Waals surface area contributed by atoms with E-state index in [0.717, 1.165) is 0 Å². The van der Waals surface area contributed by atoms with E-state index in [0.29, 0.717) is 16.3 Å². The number of rotatable bonds is 5. The van der Waals surface area contributed by atoms with E-state index in [9.17, 15) is 9.90 Å². The monoisotopic (exact) mass is 343 g/mol. The van der Waals surface area contributed by atoms with Gasteiger partial charge in [0.05, 0.1) is 11.1 Å². The Morgan fingerprint density at radius 1 is 1.41 bits per heavy atom. The number of nitrogens with one attached hydrogen (secondary N) is 1. The van der Waals surface area contributed by atoms with Crippen molar-refractivity contribution in [2.75, 3.05) is 6.54 Å². The van der Waals surface area contributed by atoms with Gasteiger partial charge in [-0.3, -0.25) is 4.79 Å². The highest BCUT2D eigenvalue weighted by molar-refractivity contribution is 6.74. The van der Waals surface area contributed by atoms with Gasteiger partial charge in [0, 0.05) is 12.1 Å². The molecular weight excluding hydrogens is 318 g/mol. The van der Waals surface area contributed by atoms with Gasteiger partial charge in [-0.05, 0) is 43.3 Å². The number of amides is 1. The molecule has 0 spiro atoms. The third kappa shape index (κ3) is 5.00. The molecule has 124 valence electrons. The van der Waals surface area contributed by atoms with Crippen molar-refractivity contribution in [3.8, 4) is 5.75 Å². The van der Waals surface area contributed by atoms with E-state index in [-0.39, 0.29) is 17.5 Å². The van der Waals surface area contributed by atoms with Gasteiger partial charge in [0.15, 0.2) is 0 Å². The highest BCUT2D eigenvalue weighted by Crippen LogP contribution is 2.39. The van der Waals surface area contributed by atoms with E-state index in [4.69, 9.17) is 16.0 Å². The van der Waals surface area contributed by atoms with Gasteiger partial charge in [0.25, 0.3) is 14.2 Å². The standard InChI is InChI=1S/C16H26ClNO3Si/c1-11(19)10-18-15(20)12-7-8-13(17)14(9-12)21-22(5,6)16(2,3)4/h7-9,11,19H,10H2,1-6H3,(H,18,20). The lowest BCUT2D eigenvalue weighted by molar-refractivity contribution is 0.0924. The van der Waals surface area contributed by atoms with Crippen molar-refractivity contribution >= 4 is 25.8 Å². The first kappa shape index (κ1) is 19.0. The number of carbonyl (C=O) groups is 1. The van der Waals surface area contributed by atoms with Crippen LogP contribution < -0.4 is 9.74 Å². The van der Waals surface area contributed by atoms with Crippen LogP contribution in [0.25, 0.3) is 0 Å². The van der Waals surface area contributed by atoms with Gasteiger partial charge in [0.1, 0.15) is 5.75 Å². The molecule has 22 heavy (non-hydrogen) atoms. The average Bonchev–Trinajstić information content (AvgIpc) is 2.36. The fourth-order valence-corrected chi connectivity index (χ4v) is 2.74. The molecule has 1 aromatic carbocycles. The van der Waals surface area contributed by atoms with Crippen molar-refractivity contribution in [2.45, 2.75) is 51.9 Å². The number of hydrogen-bond acceptors (Lipinski definition) is 3. The summed E-state index contributed by atoms with van der Waals surface area (Å²) in [7, 11) is -2.03. The van der Waals surface area contributed by atoms with E-state index in [2.05, 4.69) is 39.2 Å². The van der Waals surface area contributed by atoms with Gasteiger partial charge >= 0.3 is 0 Å². The van der Waals surface area contributed by atoms with Crippen LogP contribution in [0, 0.1) is 0 Å². The molecule has 1 rings (SSSR count). The van der Waals surface area contributed by atoms with Gasteiger partial charge in [0.2, 0.25) is 0 Å². The number of hydrogen-bond donors (Lipinski definition) is 2. The first-order valence-electron chi connectivity index (χ1n) is 7.39. The summed E-state index contributed by atoms with van der Waals surface area (Å²) in [6, 6.07) is 4.99. The zero-order chi connectivity index (χ0) is 17.1. The van der Waals surface area contributed by atoms with Crippen LogP contribution in [0.5, 0.6) is 5.75 Å². The lowest BCUT2D eigenvalue weighted by Crippen LogP contribution is -2.44. The Morgan fingerprint density at radius 2 is 2.00 bits per heavy atom. The predicted octanol–water partition coefficient (Wildman–Crippen LogP) is 3.83. The summed E-state index contributed by atoms with van der Waals surface area (Å²) >= 11 is 6.21. The van der Waals surface area contributed by atoms with Crippen LogP contribution in [0.4, 0.5) is 0 Å². The van der Waals surface area contributed by atoms with Crippen molar-refractivity contribution in [2.24, 2.45) is 0 Å². The molecule has 0 aliphatic rings. The Hall–Kier alpha value is -1.04. The normalized spacial score (nSPS) is 13.6. The van der Waals surface area contributed by atoms with Crippen LogP contribution in [0.3, 0.4) is 0 Å². The van der Waals surface area contributed by atoms with Crippen LogP contribution in [0.1, 0.15) is 38.1 Å². The first-order valence-corrected chi connectivity index (χ1v) is 10.7. The Kier molecular flexibility index (Phi) is 6.07. The van der Waals surface area contributed by atoms with Crippen LogP contribution in [0.2, 0.25) is 23.2 Å². The molecule has 1 unspecified atom stereocenters. The maximum absolute atomic E-state index is 12.1. The van der Waals surface area contributed by atoms with Crippen LogP contribution in [-0.4, -0.2) is 32.0 Å². The van der Waals surface area contributed by atoms with Crippen molar-refractivity contribution in [3.63, 3.8) is 0 Å². The third-order valence-corrected chi connectivity index (χ3v) is 8.58. The number of aliphatic hydroxyl groups excluding tert-OH is 1. The van der Waals surface area contributed by atoms with Gasteiger partial charge in [-0.15, -0.1) is 0 Å². The summed E-state index contributed by atoms with van der Waals surface area (Å²) in [6.45, 7) is 12.5. The van der Waals surface area contributed by atoms with E-state index in [1.165, 1.54) is 0 Å². The Bertz CT molecular complexity index is 539. The minimum atomic E-state index is -2.03. The van der Waals surface area contributed by atoms with Crippen LogP contribution >= 0.6 is 11.6 Å². The molecule has 0 aromatic heterocycles. The van der Waals surface area contributed by atoms with E-state index < -0.39 is 14.4 Å². The van der Waals surface area contributed by atoms with Crippen LogP contribution in [0.15, 0.2) is 18.2 Å². The summed E-state index contributed by atoms with van der Waals surface area (Å²) in [5.41, 5.74) is 0.471. The molecule has 0 bridgehead atoms. The minimum absolute atomic E-state index is 0.0426. The topological polar surface area (TPSA) is 58.6 Å². The molecule has 0 aliphatic heterocycles. The molecule has 1 amide bonds. The van der Waals surface area contributed by atoms with Crippen LogP contribution in [-0.2, 0) is 0 Å². The fourth-order valence-electron chi connectivity index (χ4n) is 1.49. The number of halogens is 1. The highest BCUT2D eigenvalue weighted by atomic mass is 35.5. The summed E-state index contributed by atoms with van der Waals surface area (Å²) in [5.74, 6) is 0.288. The molecule has 0 aliphatic carbocycles. The Balaban J connectivity index is 2.98. The molecule has 0 heterocycles. The largest absolute Gasteiger partial charge is 0.542 e. The molecule has 1 aromatic rings. The fraction of sp³-hybridized carbons (Fsp3) is 0.562. The molecule has 0 radical (unpaired) electrons. The predicted molar refractivity (Wildman–Crippen MR) is 93.3 cm³/mol. The quantitative estimate of drug-likeness (QED) is 0.799. The molecule has 0 saturated heterocycles. The molecule has 6 heteroatoms.